The number of hydrogen-bond donors (Lipinski definition) is 3. The number of pyridine rings is 1. The molecule has 0 radical (unpaired) electrons. The Balaban J connectivity index is 2.25. The van der Waals surface area contributed by atoms with Gasteiger partial charge < -0.3 is 16.8 Å². The van der Waals surface area contributed by atoms with E-state index in [-0.39, 0.29) is 17.9 Å². The van der Waals surface area contributed by atoms with E-state index >= 15 is 0 Å². The summed E-state index contributed by atoms with van der Waals surface area (Å²) in [5.41, 5.74) is 9.49. The molecule has 0 unspecified atom stereocenters. The van der Waals surface area contributed by atoms with Gasteiger partial charge in [0.2, 0.25) is 0 Å². The Morgan fingerprint density at radius 3 is 2.50 bits per heavy atom. The van der Waals surface area contributed by atoms with Gasteiger partial charge in [-0.05, 0) is 31.4 Å². The molecule has 1 aliphatic carbocycles. The zero-order chi connectivity index (χ0) is 15.0. The second-order valence-electron chi connectivity index (χ2n) is 5.02. The van der Waals surface area contributed by atoms with Gasteiger partial charge in [0.1, 0.15) is 11.5 Å². The summed E-state index contributed by atoms with van der Waals surface area (Å²) in [6.45, 7) is 0.252. The van der Waals surface area contributed by atoms with Gasteiger partial charge in [0.05, 0.1) is 5.56 Å². The average Bonchev–Trinajstić information content (AvgIpc) is 2.32. The highest BCUT2D eigenvalue weighted by molar-refractivity contribution is 5.97. The Morgan fingerprint density at radius 1 is 1.40 bits per heavy atom. The highest BCUT2D eigenvalue weighted by atomic mass is 19.4. The Hall–Kier alpha value is -1.83. The zero-order valence-electron chi connectivity index (χ0n) is 10.6. The minimum Gasteiger partial charge on any atom is -0.368 e. The molecule has 0 bridgehead atoms. The van der Waals surface area contributed by atoms with Crippen molar-refractivity contribution in [3.63, 3.8) is 0 Å². The van der Waals surface area contributed by atoms with Crippen LogP contribution in [0.4, 0.5) is 19.0 Å². The van der Waals surface area contributed by atoms with Crippen molar-refractivity contribution in [3.8, 4) is 0 Å². The molecule has 5 N–H and O–H groups in total. The van der Waals surface area contributed by atoms with Gasteiger partial charge >= 0.3 is 6.18 Å². The van der Waals surface area contributed by atoms with Gasteiger partial charge in [-0.25, -0.2) is 4.98 Å². The second-order valence-corrected chi connectivity index (χ2v) is 5.02. The van der Waals surface area contributed by atoms with E-state index in [2.05, 4.69) is 10.3 Å². The maximum atomic E-state index is 12.6. The van der Waals surface area contributed by atoms with Gasteiger partial charge in [0.25, 0.3) is 5.91 Å². The largest absolute Gasteiger partial charge is 0.433 e. The van der Waals surface area contributed by atoms with E-state index in [4.69, 9.17) is 11.5 Å². The molecular formula is C12H15F3N4O. The van der Waals surface area contributed by atoms with Crippen molar-refractivity contribution >= 4 is 11.7 Å². The predicted octanol–water partition coefficient (Wildman–Crippen LogP) is 1.49. The lowest BCUT2D eigenvalue weighted by Gasteiger charge is -2.38. The molecule has 1 aliphatic rings. The molecule has 0 spiro atoms. The number of amides is 1. The first kappa shape index (κ1) is 14.6. The number of carbonyl (C=O) groups excluding carboxylic acids is 1. The van der Waals surface area contributed by atoms with E-state index in [1.807, 2.05) is 0 Å². The number of halogens is 3. The summed E-state index contributed by atoms with van der Waals surface area (Å²) in [6.07, 6.45) is -2.03. The van der Waals surface area contributed by atoms with Crippen LogP contribution in [0.5, 0.6) is 0 Å². The van der Waals surface area contributed by atoms with Gasteiger partial charge in [-0.3, -0.25) is 4.79 Å². The van der Waals surface area contributed by atoms with E-state index in [0.29, 0.717) is 0 Å². The van der Waals surface area contributed by atoms with Crippen molar-refractivity contribution in [2.75, 3.05) is 11.9 Å². The molecule has 110 valence electrons. The Morgan fingerprint density at radius 2 is 2.05 bits per heavy atom. The SMILES string of the molecule is NC(=O)c1ccc(C(F)(F)F)nc1NCC1(N)CCC1. The minimum absolute atomic E-state index is 0.0825. The predicted molar refractivity (Wildman–Crippen MR) is 67.0 cm³/mol. The molecular weight excluding hydrogens is 273 g/mol. The highest BCUT2D eigenvalue weighted by Crippen LogP contribution is 2.31. The van der Waals surface area contributed by atoms with E-state index < -0.39 is 23.3 Å². The standard InChI is InChI=1S/C12H15F3N4O/c13-12(14,15)8-3-2-7(9(16)20)10(19-8)18-6-11(17)4-1-5-11/h2-3H,1,4-6,17H2,(H2,16,20)(H,18,19). The quantitative estimate of drug-likeness (QED) is 0.782. The highest BCUT2D eigenvalue weighted by Gasteiger charge is 2.35. The Kier molecular flexibility index (Phi) is 3.59. The van der Waals surface area contributed by atoms with Gasteiger partial charge in [-0.1, -0.05) is 0 Å². The molecule has 8 heteroatoms. The fourth-order valence-electron chi connectivity index (χ4n) is 2.02. The fraction of sp³-hybridized carbons (Fsp3) is 0.500. The van der Waals surface area contributed by atoms with Crippen molar-refractivity contribution < 1.29 is 18.0 Å². The van der Waals surface area contributed by atoms with Crippen LogP contribution in [0, 0.1) is 0 Å². The molecule has 2 rings (SSSR count). The first-order valence-electron chi connectivity index (χ1n) is 6.12. The third-order valence-electron chi connectivity index (χ3n) is 3.41. The van der Waals surface area contributed by atoms with Gasteiger partial charge in [-0.2, -0.15) is 13.2 Å². The summed E-state index contributed by atoms with van der Waals surface area (Å²) in [7, 11) is 0. The molecule has 0 atom stereocenters. The van der Waals surface area contributed by atoms with Crippen LogP contribution >= 0.6 is 0 Å². The lowest BCUT2D eigenvalue weighted by Crippen LogP contribution is -2.52. The van der Waals surface area contributed by atoms with Crippen molar-refractivity contribution in [1.29, 1.82) is 0 Å². The first-order chi connectivity index (χ1) is 9.21. The van der Waals surface area contributed by atoms with Gasteiger partial charge in [0, 0.05) is 12.1 Å². The van der Waals surface area contributed by atoms with Crippen molar-refractivity contribution in [2.45, 2.75) is 31.0 Å². The topological polar surface area (TPSA) is 94.0 Å². The number of nitrogens with two attached hydrogens (primary N) is 2. The number of rotatable bonds is 4. The van der Waals surface area contributed by atoms with E-state index in [1.54, 1.807) is 0 Å². The summed E-state index contributed by atoms with van der Waals surface area (Å²) >= 11 is 0. The first-order valence-corrected chi connectivity index (χ1v) is 6.12. The monoisotopic (exact) mass is 288 g/mol. The van der Waals surface area contributed by atoms with Crippen LogP contribution in [0.1, 0.15) is 35.3 Å². The lowest BCUT2D eigenvalue weighted by atomic mass is 9.78. The molecule has 5 nitrogen and oxygen atoms in total. The maximum absolute atomic E-state index is 12.6. The third-order valence-corrected chi connectivity index (χ3v) is 3.41. The normalized spacial score (nSPS) is 17.4. The molecule has 1 heterocycles. The number of hydrogen-bond acceptors (Lipinski definition) is 4. The number of carbonyl (C=O) groups is 1. The van der Waals surface area contributed by atoms with Crippen molar-refractivity contribution in [1.82, 2.24) is 4.98 Å². The summed E-state index contributed by atoms with van der Waals surface area (Å²) in [5.74, 6) is -1.02. The van der Waals surface area contributed by atoms with E-state index in [0.717, 1.165) is 31.4 Å². The van der Waals surface area contributed by atoms with Gasteiger partial charge in [0.15, 0.2) is 0 Å². The zero-order valence-corrected chi connectivity index (χ0v) is 10.6. The molecule has 1 aromatic rings. The maximum Gasteiger partial charge on any atom is 0.433 e. The third kappa shape index (κ3) is 3.01. The van der Waals surface area contributed by atoms with Crippen LogP contribution in [0.2, 0.25) is 0 Å². The molecule has 1 aromatic heterocycles. The number of nitrogens with zero attached hydrogens (tertiary/aromatic N) is 1. The summed E-state index contributed by atoms with van der Waals surface area (Å²) < 4.78 is 37.9. The number of anilines is 1. The lowest BCUT2D eigenvalue weighted by molar-refractivity contribution is -0.141. The molecule has 0 aromatic carbocycles. The van der Waals surface area contributed by atoms with E-state index in [9.17, 15) is 18.0 Å². The van der Waals surface area contributed by atoms with Crippen molar-refractivity contribution in [2.24, 2.45) is 11.5 Å². The van der Waals surface area contributed by atoms with Crippen molar-refractivity contribution in [3.05, 3.63) is 23.4 Å². The Bertz CT molecular complexity index is 526. The minimum atomic E-state index is -4.58. The van der Waals surface area contributed by atoms with Gasteiger partial charge in [-0.15, -0.1) is 0 Å². The molecule has 1 saturated carbocycles. The second kappa shape index (κ2) is 4.93. The smallest absolute Gasteiger partial charge is 0.368 e. The van der Waals surface area contributed by atoms with Crippen LogP contribution in [0.25, 0.3) is 0 Å². The molecule has 0 aliphatic heterocycles. The fourth-order valence-corrected chi connectivity index (χ4v) is 2.02. The summed E-state index contributed by atoms with van der Waals surface area (Å²) in [5, 5.41) is 2.71. The number of aromatic nitrogens is 1. The molecule has 1 amide bonds. The van der Waals surface area contributed by atoms with Crippen LogP contribution in [-0.4, -0.2) is 23.0 Å². The molecule has 20 heavy (non-hydrogen) atoms. The van der Waals surface area contributed by atoms with Crippen LogP contribution < -0.4 is 16.8 Å². The number of nitrogens with one attached hydrogen (secondary N) is 1. The van der Waals surface area contributed by atoms with Crippen LogP contribution in [-0.2, 0) is 6.18 Å². The average molecular weight is 288 g/mol. The summed E-state index contributed by atoms with van der Waals surface area (Å²) in [6, 6.07) is 1.75. The van der Waals surface area contributed by atoms with E-state index in [1.165, 1.54) is 0 Å². The number of alkyl halides is 3. The molecule has 1 fully saturated rings. The number of primary amides is 1. The Labute approximate surface area is 113 Å². The van der Waals surface area contributed by atoms with Crippen LogP contribution in [0.3, 0.4) is 0 Å². The summed E-state index contributed by atoms with van der Waals surface area (Å²) in [4.78, 5) is 14.7. The van der Waals surface area contributed by atoms with Crippen LogP contribution in [0.15, 0.2) is 12.1 Å². The molecule has 0 saturated heterocycles.